The summed E-state index contributed by atoms with van der Waals surface area (Å²) < 4.78 is 1.99. The molecule has 1 heterocycles. The molecule has 0 aliphatic rings. The van der Waals surface area contributed by atoms with Crippen molar-refractivity contribution in [1.82, 2.24) is 20.2 Å². The van der Waals surface area contributed by atoms with Crippen molar-refractivity contribution in [2.75, 3.05) is 0 Å². The number of amides is 2. The molecule has 2 amide bonds. The largest absolute Gasteiger partial charge is 0.352 e. The highest BCUT2D eigenvalue weighted by Gasteiger charge is 2.17. The van der Waals surface area contributed by atoms with Crippen molar-refractivity contribution >= 4 is 11.8 Å². The number of rotatable bonds is 8. The molecule has 0 bridgehead atoms. The molecule has 0 aliphatic heterocycles. The zero-order valence-electron chi connectivity index (χ0n) is 15.8. The summed E-state index contributed by atoms with van der Waals surface area (Å²) in [5, 5.41) is 5.83. The van der Waals surface area contributed by atoms with Gasteiger partial charge in [-0.1, -0.05) is 54.6 Å². The Morgan fingerprint density at radius 1 is 1.04 bits per heavy atom. The number of nitrogens with zero attached hydrogens (tertiary/aromatic N) is 2. The smallest absolute Gasteiger partial charge is 0.222 e. The molecule has 6 nitrogen and oxygen atoms in total. The first-order valence-electron chi connectivity index (χ1n) is 9.23. The predicted octanol–water partition coefficient (Wildman–Crippen LogP) is 2.82. The zero-order chi connectivity index (χ0) is 19.8. The van der Waals surface area contributed by atoms with Crippen LogP contribution in [-0.4, -0.2) is 21.4 Å². The number of nitrogens with one attached hydrogen (secondary N) is 2. The van der Waals surface area contributed by atoms with Crippen molar-refractivity contribution in [3.63, 3.8) is 0 Å². The van der Waals surface area contributed by atoms with E-state index in [1.165, 1.54) is 6.92 Å². The van der Waals surface area contributed by atoms with E-state index in [1.807, 2.05) is 65.4 Å². The van der Waals surface area contributed by atoms with Crippen LogP contribution in [0.15, 0.2) is 73.3 Å². The lowest BCUT2D eigenvalue weighted by atomic mass is 10.0. The monoisotopic (exact) mass is 376 g/mol. The summed E-state index contributed by atoms with van der Waals surface area (Å²) in [6.45, 7) is 2.59. The highest BCUT2D eigenvalue weighted by Crippen LogP contribution is 2.17. The van der Waals surface area contributed by atoms with Gasteiger partial charge in [0.05, 0.1) is 18.8 Å². The molecule has 0 saturated carbocycles. The van der Waals surface area contributed by atoms with E-state index in [0.29, 0.717) is 13.1 Å². The Balaban J connectivity index is 1.62. The van der Waals surface area contributed by atoms with Crippen LogP contribution in [0.4, 0.5) is 0 Å². The fourth-order valence-corrected chi connectivity index (χ4v) is 3.10. The van der Waals surface area contributed by atoms with Gasteiger partial charge in [-0.05, 0) is 16.7 Å². The molecular formula is C22H24N4O2. The molecule has 0 fully saturated rings. The number of imidazole rings is 1. The van der Waals surface area contributed by atoms with Crippen molar-refractivity contribution in [1.29, 1.82) is 0 Å². The maximum absolute atomic E-state index is 12.5. The Kier molecular flexibility index (Phi) is 6.57. The molecule has 0 aliphatic carbocycles. The fraction of sp³-hybridized carbons (Fsp3) is 0.227. The summed E-state index contributed by atoms with van der Waals surface area (Å²) in [4.78, 5) is 28.1. The lowest BCUT2D eigenvalue weighted by Crippen LogP contribution is -2.32. The average molecular weight is 376 g/mol. The van der Waals surface area contributed by atoms with Crippen LogP contribution < -0.4 is 10.6 Å². The van der Waals surface area contributed by atoms with E-state index in [1.54, 1.807) is 12.5 Å². The highest BCUT2D eigenvalue weighted by atomic mass is 16.2. The van der Waals surface area contributed by atoms with Gasteiger partial charge in [0.1, 0.15) is 0 Å². The highest BCUT2D eigenvalue weighted by molar-refractivity contribution is 5.79. The quantitative estimate of drug-likeness (QED) is 0.635. The van der Waals surface area contributed by atoms with Gasteiger partial charge >= 0.3 is 0 Å². The van der Waals surface area contributed by atoms with Gasteiger partial charge in [0, 0.05) is 32.4 Å². The van der Waals surface area contributed by atoms with E-state index in [4.69, 9.17) is 0 Å². The number of carbonyl (C=O) groups is 2. The van der Waals surface area contributed by atoms with Crippen LogP contribution in [-0.2, 0) is 22.7 Å². The van der Waals surface area contributed by atoms with Crippen LogP contribution >= 0.6 is 0 Å². The van der Waals surface area contributed by atoms with Crippen LogP contribution in [0, 0.1) is 0 Å². The third-order valence-corrected chi connectivity index (χ3v) is 4.48. The Hall–Kier alpha value is -3.41. The summed E-state index contributed by atoms with van der Waals surface area (Å²) in [5.74, 6) is -0.271. The summed E-state index contributed by atoms with van der Waals surface area (Å²) in [5.41, 5.74) is 3.09. The molecule has 6 heteroatoms. The molecule has 0 saturated heterocycles. The molecule has 144 valence electrons. The molecular weight excluding hydrogens is 352 g/mol. The Labute approximate surface area is 164 Å². The van der Waals surface area contributed by atoms with Crippen molar-refractivity contribution < 1.29 is 9.59 Å². The van der Waals surface area contributed by atoms with Gasteiger partial charge in [-0.15, -0.1) is 0 Å². The first kappa shape index (κ1) is 19.4. The summed E-state index contributed by atoms with van der Waals surface area (Å²) in [7, 11) is 0. The summed E-state index contributed by atoms with van der Waals surface area (Å²) in [6.07, 6.45) is 5.61. The van der Waals surface area contributed by atoms with E-state index in [0.717, 1.165) is 16.7 Å². The Bertz CT molecular complexity index is 907. The second-order valence-electron chi connectivity index (χ2n) is 6.65. The second kappa shape index (κ2) is 9.50. The lowest BCUT2D eigenvalue weighted by molar-refractivity contribution is -0.122. The third-order valence-electron chi connectivity index (χ3n) is 4.48. The first-order chi connectivity index (χ1) is 13.6. The molecule has 3 rings (SSSR count). The average Bonchev–Trinajstić information content (AvgIpc) is 3.20. The van der Waals surface area contributed by atoms with E-state index >= 15 is 0 Å². The topological polar surface area (TPSA) is 76.0 Å². The normalized spacial score (nSPS) is 11.6. The SMILES string of the molecule is CC(=O)NC(CC(=O)NCc1ccccc1Cn1ccnc1)c1ccccc1. The van der Waals surface area contributed by atoms with Crippen molar-refractivity contribution in [2.45, 2.75) is 32.5 Å². The number of hydrogen-bond acceptors (Lipinski definition) is 3. The predicted molar refractivity (Wildman–Crippen MR) is 107 cm³/mol. The van der Waals surface area contributed by atoms with Gasteiger partial charge in [0.25, 0.3) is 0 Å². The molecule has 0 spiro atoms. The van der Waals surface area contributed by atoms with E-state index < -0.39 is 0 Å². The van der Waals surface area contributed by atoms with Gasteiger partial charge in [-0.25, -0.2) is 4.98 Å². The second-order valence-corrected chi connectivity index (χ2v) is 6.65. The van der Waals surface area contributed by atoms with Gasteiger partial charge in [-0.2, -0.15) is 0 Å². The van der Waals surface area contributed by atoms with E-state index in [-0.39, 0.29) is 24.3 Å². The van der Waals surface area contributed by atoms with Crippen LogP contribution in [0.2, 0.25) is 0 Å². The zero-order valence-corrected chi connectivity index (χ0v) is 15.8. The molecule has 0 radical (unpaired) electrons. The molecule has 2 N–H and O–H groups in total. The Morgan fingerprint density at radius 3 is 2.43 bits per heavy atom. The van der Waals surface area contributed by atoms with E-state index in [9.17, 15) is 9.59 Å². The summed E-state index contributed by atoms with van der Waals surface area (Å²) >= 11 is 0. The van der Waals surface area contributed by atoms with E-state index in [2.05, 4.69) is 15.6 Å². The number of hydrogen-bond donors (Lipinski definition) is 2. The minimum absolute atomic E-state index is 0.111. The molecule has 2 aromatic carbocycles. The van der Waals surface area contributed by atoms with Crippen molar-refractivity contribution in [3.05, 3.63) is 90.0 Å². The van der Waals surface area contributed by atoms with Gasteiger partial charge in [0.2, 0.25) is 11.8 Å². The third kappa shape index (κ3) is 5.54. The summed E-state index contributed by atoms with van der Waals surface area (Å²) in [6, 6.07) is 17.2. The number of benzene rings is 2. The standard InChI is InChI=1S/C22H24N4O2/c1-17(27)25-21(18-7-3-2-4-8-18)13-22(28)24-14-19-9-5-6-10-20(19)15-26-12-11-23-16-26/h2-12,16,21H,13-15H2,1H3,(H,24,28)(H,25,27). The maximum Gasteiger partial charge on any atom is 0.222 e. The number of carbonyl (C=O) groups excluding carboxylic acids is 2. The number of aromatic nitrogens is 2. The van der Waals surface area contributed by atoms with Crippen molar-refractivity contribution in [2.24, 2.45) is 0 Å². The van der Waals surface area contributed by atoms with Crippen molar-refractivity contribution in [3.8, 4) is 0 Å². The lowest BCUT2D eigenvalue weighted by Gasteiger charge is -2.18. The van der Waals surface area contributed by atoms with Gasteiger partial charge < -0.3 is 15.2 Å². The fourth-order valence-electron chi connectivity index (χ4n) is 3.10. The molecule has 1 unspecified atom stereocenters. The molecule has 1 atom stereocenters. The molecule has 3 aromatic rings. The van der Waals surface area contributed by atoms with Crippen LogP contribution in [0.5, 0.6) is 0 Å². The van der Waals surface area contributed by atoms with Gasteiger partial charge in [0.15, 0.2) is 0 Å². The minimum atomic E-state index is -0.347. The minimum Gasteiger partial charge on any atom is -0.352 e. The first-order valence-corrected chi connectivity index (χ1v) is 9.23. The Morgan fingerprint density at radius 2 is 1.75 bits per heavy atom. The van der Waals surface area contributed by atoms with Crippen LogP contribution in [0.3, 0.4) is 0 Å². The molecule has 28 heavy (non-hydrogen) atoms. The van der Waals surface area contributed by atoms with Gasteiger partial charge in [-0.3, -0.25) is 9.59 Å². The van der Waals surface area contributed by atoms with Crippen LogP contribution in [0.25, 0.3) is 0 Å². The van der Waals surface area contributed by atoms with Crippen LogP contribution in [0.1, 0.15) is 36.1 Å². The molecule has 1 aromatic heterocycles. The maximum atomic E-state index is 12.5.